The van der Waals surface area contributed by atoms with Crippen LogP contribution in [0.5, 0.6) is 0 Å². The summed E-state index contributed by atoms with van der Waals surface area (Å²) in [5, 5.41) is 12.1. The second-order valence-electron chi connectivity index (χ2n) is 5.13. The normalized spacial score (nSPS) is 15.8. The Labute approximate surface area is 126 Å². The summed E-state index contributed by atoms with van der Waals surface area (Å²) in [6.07, 6.45) is 5.89. The van der Waals surface area contributed by atoms with E-state index in [0.29, 0.717) is 26.3 Å². The summed E-state index contributed by atoms with van der Waals surface area (Å²) in [6.45, 7) is 2.29. The Morgan fingerprint density at radius 1 is 1.29 bits per heavy atom. The molecule has 0 aromatic carbocycles. The van der Waals surface area contributed by atoms with E-state index in [2.05, 4.69) is 5.32 Å². The second-order valence-corrected chi connectivity index (χ2v) is 5.13. The molecule has 0 heterocycles. The summed E-state index contributed by atoms with van der Waals surface area (Å²) in [5.41, 5.74) is 0.133. The Balaban J connectivity index is 2.62. The first-order chi connectivity index (χ1) is 10.2. The molecule has 0 spiro atoms. The monoisotopic (exact) mass is 295 g/mol. The number of hydrogen-bond acceptors (Lipinski definition) is 5. The molecule has 6 heteroatoms. The summed E-state index contributed by atoms with van der Waals surface area (Å²) in [5.74, 6) is -0.288. The summed E-state index contributed by atoms with van der Waals surface area (Å²) in [7, 11) is 3.24. The largest absolute Gasteiger partial charge is 0.383 e. The van der Waals surface area contributed by atoms with Gasteiger partial charge in [-0.05, 0) is 12.8 Å². The first-order valence-electron chi connectivity index (χ1n) is 7.36. The van der Waals surface area contributed by atoms with Crippen molar-refractivity contribution in [3.8, 4) is 6.07 Å². The highest BCUT2D eigenvalue weighted by molar-refractivity contribution is 5.97. The molecule has 1 fully saturated rings. The molecule has 0 bridgehead atoms. The van der Waals surface area contributed by atoms with Gasteiger partial charge in [0.1, 0.15) is 11.6 Å². The average molecular weight is 295 g/mol. The second kappa shape index (κ2) is 10.2. The Morgan fingerprint density at radius 2 is 1.86 bits per heavy atom. The summed E-state index contributed by atoms with van der Waals surface area (Å²) in [6, 6.07) is 2.19. The minimum absolute atomic E-state index is 0.133. The van der Waals surface area contributed by atoms with Crippen LogP contribution in [0, 0.1) is 11.3 Å². The van der Waals surface area contributed by atoms with Crippen molar-refractivity contribution in [2.45, 2.75) is 31.7 Å². The minimum Gasteiger partial charge on any atom is -0.383 e. The molecule has 0 saturated heterocycles. The van der Waals surface area contributed by atoms with E-state index in [4.69, 9.17) is 9.47 Å². The predicted molar refractivity (Wildman–Crippen MR) is 79.4 cm³/mol. The highest BCUT2D eigenvalue weighted by Crippen LogP contribution is 2.18. The van der Waals surface area contributed by atoms with E-state index in [0.717, 1.165) is 25.7 Å². The molecule has 21 heavy (non-hydrogen) atoms. The standard InChI is InChI=1S/C15H25N3O3/c1-20-9-7-18(8-10-21-2)12-13(11-16)15(19)17-14-5-3-4-6-14/h12,14H,3-10H2,1-2H3,(H,17,19)/b13-12-. The number of nitrogens with zero attached hydrogens (tertiary/aromatic N) is 2. The van der Waals surface area contributed by atoms with Crippen LogP contribution < -0.4 is 5.32 Å². The van der Waals surface area contributed by atoms with Crippen LogP contribution in [0.25, 0.3) is 0 Å². The molecule has 0 aliphatic heterocycles. The maximum atomic E-state index is 12.1. The molecule has 1 amide bonds. The molecule has 118 valence electrons. The third-order valence-corrected chi connectivity index (χ3v) is 3.53. The lowest BCUT2D eigenvalue weighted by atomic mass is 10.2. The fourth-order valence-electron chi connectivity index (χ4n) is 2.31. The fourth-order valence-corrected chi connectivity index (χ4v) is 2.31. The highest BCUT2D eigenvalue weighted by atomic mass is 16.5. The van der Waals surface area contributed by atoms with Crippen LogP contribution in [0.3, 0.4) is 0 Å². The molecule has 0 atom stereocenters. The van der Waals surface area contributed by atoms with Crippen molar-refractivity contribution in [3.63, 3.8) is 0 Å². The quantitative estimate of drug-likeness (QED) is 0.508. The van der Waals surface area contributed by atoms with Gasteiger partial charge >= 0.3 is 0 Å². The Morgan fingerprint density at radius 3 is 2.33 bits per heavy atom. The maximum Gasteiger partial charge on any atom is 0.263 e. The lowest BCUT2D eigenvalue weighted by Crippen LogP contribution is -2.35. The van der Waals surface area contributed by atoms with Gasteiger partial charge in [0.05, 0.1) is 13.2 Å². The van der Waals surface area contributed by atoms with Crippen molar-refractivity contribution in [2.24, 2.45) is 0 Å². The topological polar surface area (TPSA) is 74.6 Å². The van der Waals surface area contributed by atoms with Crippen LogP contribution in [-0.2, 0) is 14.3 Å². The molecule has 0 aromatic heterocycles. The van der Waals surface area contributed by atoms with Gasteiger partial charge < -0.3 is 19.7 Å². The summed E-state index contributed by atoms with van der Waals surface area (Å²) in [4.78, 5) is 14.0. The molecule has 1 saturated carbocycles. The maximum absolute atomic E-state index is 12.1. The van der Waals surface area contributed by atoms with E-state index in [1.54, 1.807) is 20.4 Å². The van der Waals surface area contributed by atoms with Gasteiger partial charge in [0.15, 0.2) is 0 Å². The van der Waals surface area contributed by atoms with Gasteiger partial charge in [0, 0.05) is 39.6 Å². The number of methoxy groups -OCH3 is 2. The average Bonchev–Trinajstić information content (AvgIpc) is 2.99. The number of carbonyl (C=O) groups excluding carboxylic acids is 1. The molecule has 6 nitrogen and oxygen atoms in total. The SMILES string of the molecule is COCCN(/C=C(/C#N)C(=O)NC1CCCC1)CCOC. The van der Waals surface area contributed by atoms with Crippen molar-refractivity contribution >= 4 is 5.91 Å². The number of nitrogens with one attached hydrogen (secondary N) is 1. The van der Waals surface area contributed by atoms with E-state index in [-0.39, 0.29) is 17.5 Å². The van der Waals surface area contributed by atoms with Crippen molar-refractivity contribution in [1.82, 2.24) is 10.2 Å². The van der Waals surface area contributed by atoms with Gasteiger partial charge in [0.2, 0.25) is 0 Å². The van der Waals surface area contributed by atoms with Crippen molar-refractivity contribution in [3.05, 3.63) is 11.8 Å². The van der Waals surface area contributed by atoms with E-state index in [1.807, 2.05) is 11.0 Å². The molecular formula is C15H25N3O3. The minimum atomic E-state index is -0.288. The Hall–Kier alpha value is -1.58. The smallest absolute Gasteiger partial charge is 0.263 e. The zero-order chi connectivity index (χ0) is 15.5. The molecule has 1 N–H and O–H groups in total. The Bertz CT molecular complexity index is 376. The number of carbonyl (C=O) groups is 1. The van der Waals surface area contributed by atoms with Crippen molar-refractivity contribution in [2.75, 3.05) is 40.5 Å². The zero-order valence-corrected chi connectivity index (χ0v) is 12.9. The summed E-state index contributed by atoms with van der Waals surface area (Å²) < 4.78 is 10.1. The molecule has 0 aromatic rings. The van der Waals surface area contributed by atoms with Gasteiger partial charge in [0.25, 0.3) is 5.91 Å². The van der Waals surface area contributed by atoms with E-state index in [1.165, 1.54) is 0 Å². The summed E-state index contributed by atoms with van der Waals surface area (Å²) >= 11 is 0. The molecule has 0 unspecified atom stereocenters. The number of rotatable bonds is 9. The van der Waals surface area contributed by atoms with Crippen LogP contribution in [0.15, 0.2) is 11.8 Å². The molecule has 1 aliphatic carbocycles. The Kier molecular flexibility index (Phi) is 8.48. The van der Waals surface area contributed by atoms with Crippen LogP contribution >= 0.6 is 0 Å². The number of amides is 1. The number of ether oxygens (including phenoxy) is 2. The fraction of sp³-hybridized carbons (Fsp3) is 0.733. The van der Waals surface area contributed by atoms with Gasteiger partial charge in [-0.3, -0.25) is 4.79 Å². The van der Waals surface area contributed by atoms with Gasteiger partial charge in [-0.2, -0.15) is 5.26 Å². The molecule has 1 rings (SSSR count). The van der Waals surface area contributed by atoms with E-state index >= 15 is 0 Å². The van der Waals surface area contributed by atoms with Gasteiger partial charge in [-0.25, -0.2) is 0 Å². The van der Waals surface area contributed by atoms with E-state index < -0.39 is 0 Å². The van der Waals surface area contributed by atoms with Gasteiger partial charge in [-0.15, -0.1) is 0 Å². The highest BCUT2D eigenvalue weighted by Gasteiger charge is 2.19. The predicted octanol–water partition coefficient (Wildman–Crippen LogP) is 1.05. The van der Waals surface area contributed by atoms with Crippen LogP contribution in [0.1, 0.15) is 25.7 Å². The third kappa shape index (κ3) is 6.61. The molecule has 0 radical (unpaired) electrons. The van der Waals surface area contributed by atoms with Crippen LogP contribution in [0.2, 0.25) is 0 Å². The van der Waals surface area contributed by atoms with Crippen LogP contribution in [-0.4, -0.2) is 57.4 Å². The number of nitriles is 1. The van der Waals surface area contributed by atoms with E-state index in [9.17, 15) is 10.1 Å². The van der Waals surface area contributed by atoms with Crippen molar-refractivity contribution < 1.29 is 14.3 Å². The first-order valence-corrected chi connectivity index (χ1v) is 7.36. The van der Waals surface area contributed by atoms with Crippen LogP contribution in [0.4, 0.5) is 0 Å². The lowest BCUT2D eigenvalue weighted by molar-refractivity contribution is -0.117. The molecular weight excluding hydrogens is 270 g/mol. The molecule has 1 aliphatic rings. The lowest BCUT2D eigenvalue weighted by Gasteiger charge is -2.20. The zero-order valence-electron chi connectivity index (χ0n) is 12.9. The number of hydrogen-bond donors (Lipinski definition) is 1. The third-order valence-electron chi connectivity index (χ3n) is 3.53. The van der Waals surface area contributed by atoms with Crippen molar-refractivity contribution in [1.29, 1.82) is 5.26 Å². The van der Waals surface area contributed by atoms with Gasteiger partial charge in [-0.1, -0.05) is 12.8 Å². The first kappa shape index (κ1) is 17.5.